The maximum atomic E-state index is 5.94. The van der Waals surface area contributed by atoms with Gasteiger partial charge in [0, 0.05) is 30.0 Å². The van der Waals surface area contributed by atoms with Crippen molar-refractivity contribution in [3.63, 3.8) is 0 Å². The number of aryl methyl sites for hydroxylation is 1. The van der Waals surface area contributed by atoms with E-state index in [-0.39, 0.29) is 0 Å². The molecule has 0 atom stereocenters. The second kappa shape index (κ2) is 4.37. The number of fused-ring (bicyclic) bond motifs is 1. The van der Waals surface area contributed by atoms with Crippen molar-refractivity contribution in [2.75, 3.05) is 0 Å². The molecule has 3 aromatic heterocycles. The molecule has 3 rings (SSSR count). The van der Waals surface area contributed by atoms with Gasteiger partial charge < -0.3 is 0 Å². The van der Waals surface area contributed by atoms with E-state index in [1.165, 1.54) is 0 Å². The SMILES string of the molecule is Cn1ccc(-n2c(CCl)nc3cc(Br)cnc32)n1. The average molecular weight is 327 g/mol. The smallest absolute Gasteiger partial charge is 0.166 e. The molecule has 0 spiro atoms. The van der Waals surface area contributed by atoms with Crippen LogP contribution < -0.4 is 0 Å². The molecule has 0 amide bonds. The summed E-state index contributed by atoms with van der Waals surface area (Å²) < 4.78 is 4.49. The van der Waals surface area contributed by atoms with Crippen LogP contribution >= 0.6 is 27.5 Å². The van der Waals surface area contributed by atoms with E-state index < -0.39 is 0 Å². The Morgan fingerprint density at radius 1 is 1.44 bits per heavy atom. The van der Waals surface area contributed by atoms with Crippen LogP contribution in [0.25, 0.3) is 17.0 Å². The van der Waals surface area contributed by atoms with Gasteiger partial charge in [0.2, 0.25) is 0 Å². The zero-order valence-electron chi connectivity index (χ0n) is 9.51. The minimum absolute atomic E-state index is 0.310. The largest absolute Gasteiger partial charge is 0.274 e. The lowest BCUT2D eigenvalue weighted by atomic mass is 10.4. The fourth-order valence-corrected chi connectivity index (χ4v) is 2.34. The van der Waals surface area contributed by atoms with E-state index in [1.54, 1.807) is 10.9 Å². The standard InChI is InChI=1S/C11H9BrClN5/c1-17-3-2-9(16-17)18-10(5-13)15-8-4-7(12)6-14-11(8)18/h2-4,6H,5H2,1H3. The molecule has 18 heavy (non-hydrogen) atoms. The number of imidazole rings is 1. The topological polar surface area (TPSA) is 48.5 Å². The minimum Gasteiger partial charge on any atom is -0.274 e. The van der Waals surface area contributed by atoms with Gasteiger partial charge in [-0.25, -0.2) is 9.97 Å². The van der Waals surface area contributed by atoms with Crippen LogP contribution in [-0.4, -0.2) is 24.3 Å². The fraction of sp³-hybridized carbons (Fsp3) is 0.182. The van der Waals surface area contributed by atoms with Crippen LogP contribution in [-0.2, 0) is 12.9 Å². The Morgan fingerprint density at radius 3 is 2.94 bits per heavy atom. The van der Waals surface area contributed by atoms with Gasteiger partial charge in [-0.15, -0.1) is 11.6 Å². The Hall–Kier alpha value is -1.40. The van der Waals surface area contributed by atoms with Gasteiger partial charge in [0.15, 0.2) is 11.5 Å². The Kier molecular flexibility index (Phi) is 2.83. The third-order valence-electron chi connectivity index (χ3n) is 2.58. The predicted molar refractivity (Wildman–Crippen MR) is 72.9 cm³/mol. The first-order chi connectivity index (χ1) is 8.69. The molecule has 92 valence electrons. The first-order valence-corrected chi connectivity index (χ1v) is 6.60. The summed E-state index contributed by atoms with van der Waals surface area (Å²) in [5, 5.41) is 4.36. The van der Waals surface area contributed by atoms with Gasteiger partial charge >= 0.3 is 0 Å². The van der Waals surface area contributed by atoms with E-state index in [9.17, 15) is 0 Å². The van der Waals surface area contributed by atoms with Crippen molar-refractivity contribution in [1.82, 2.24) is 24.3 Å². The molecule has 0 saturated heterocycles. The Bertz CT molecular complexity index is 717. The summed E-state index contributed by atoms with van der Waals surface area (Å²) in [6, 6.07) is 3.82. The Labute approximate surface area is 117 Å². The second-order valence-electron chi connectivity index (χ2n) is 3.84. The second-order valence-corrected chi connectivity index (χ2v) is 5.02. The third-order valence-corrected chi connectivity index (χ3v) is 3.25. The van der Waals surface area contributed by atoms with Crippen LogP contribution in [0.4, 0.5) is 0 Å². The maximum absolute atomic E-state index is 5.94. The number of rotatable bonds is 2. The first-order valence-electron chi connectivity index (χ1n) is 5.28. The van der Waals surface area contributed by atoms with Crippen molar-refractivity contribution in [2.45, 2.75) is 5.88 Å². The summed E-state index contributed by atoms with van der Waals surface area (Å²) in [5.41, 5.74) is 1.55. The summed E-state index contributed by atoms with van der Waals surface area (Å²) in [7, 11) is 1.87. The number of aromatic nitrogens is 5. The fourth-order valence-electron chi connectivity index (χ4n) is 1.84. The Balaban J connectivity index is 2.32. The molecule has 0 N–H and O–H groups in total. The molecule has 0 bridgehead atoms. The number of hydrogen-bond donors (Lipinski definition) is 0. The number of hydrogen-bond acceptors (Lipinski definition) is 3. The summed E-state index contributed by atoms with van der Waals surface area (Å²) in [6.07, 6.45) is 3.61. The van der Waals surface area contributed by atoms with E-state index in [4.69, 9.17) is 11.6 Å². The maximum Gasteiger partial charge on any atom is 0.166 e. The molecule has 0 aliphatic rings. The van der Waals surface area contributed by atoms with Crippen molar-refractivity contribution >= 4 is 38.7 Å². The molecule has 0 saturated carbocycles. The molecule has 0 aromatic carbocycles. The molecule has 3 aromatic rings. The van der Waals surface area contributed by atoms with Gasteiger partial charge in [0.05, 0.1) is 5.88 Å². The molecule has 0 unspecified atom stereocenters. The van der Waals surface area contributed by atoms with E-state index in [0.29, 0.717) is 5.88 Å². The van der Waals surface area contributed by atoms with Crippen LogP contribution in [0, 0.1) is 0 Å². The van der Waals surface area contributed by atoms with Crippen LogP contribution in [0.5, 0.6) is 0 Å². The van der Waals surface area contributed by atoms with Crippen molar-refractivity contribution in [1.29, 1.82) is 0 Å². The molecule has 0 aliphatic carbocycles. The lowest BCUT2D eigenvalue weighted by Crippen LogP contribution is -2.02. The first kappa shape index (κ1) is 11.7. The van der Waals surface area contributed by atoms with Crippen molar-refractivity contribution in [2.24, 2.45) is 7.05 Å². The van der Waals surface area contributed by atoms with Gasteiger partial charge in [0.25, 0.3) is 0 Å². The van der Waals surface area contributed by atoms with Crippen LogP contribution in [0.2, 0.25) is 0 Å². The zero-order chi connectivity index (χ0) is 12.7. The van der Waals surface area contributed by atoms with Crippen LogP contribution in [0.3, 0.4) is 0 Å². The molecule has 7 heteroatoms. The summed E-state index contributed by atoms with van der Waals surface area (Å²) in [4.78, 5) is 8.85. The van der Waals surface area contributed by atoms with Crippen molar-refractivity contribution in [3.8, 4) is 5.82 Å². The summed E-state index contributed by atoms with van der Waals surface area (Å²) in [5.74, 6) is 1.81. The van der Waals surface area contributed by atoms with E-state index in [2.05, 4.69) is 31.0 Å². The molecule has 0 aliphatic heterocycles. The lowest BCUT2D eigenvalue weighted by Gasteiger charge is -2.02. The van der Waals surface area contributed by atoms with Gasteiger partial charge in [-0.2, -0.15) is 5.10 Å². The van der Waals surface area contributed by atoms with E-state index in [0.717, 1.165) is 27.3 Å². The van der Waals surface area contributed by atoms with Gasteiger partial charge in [-0.05, 0) is 22.0 Å². The van der Waals surface area contributed by atoms with Gasteiger partial charge in [-0.1, -0.05) is 0 Å². The van der Waals surface area contributed by atoms with Gasteiger partial charge in [0.1, 0.15) is 11.3 Å². The highest BCUT2D eigenvalue weighted by atomic mass is 79.9. The van der Waals surface area contributed by atoms with E-state index in [1.807, 2.05) is 29.9 Å². The number of pyridine rings is 1. The average Bonchev–Trinajstić information content (AvgIpc) is 2.91. The Morgan fingerprint density at radius 2 is 2.28 bits per heavy atom. The van der Waals surface area contributed by atoms with E-state index >= 15 is 0 Å². The highest BCUT2D eigenvalue weighted by molar-refractivity contribution is 9.10. The van der Waals surface area contributed by atoms with Gasteiger partial charge in [-0.3, -0.25) is 9.25 Å². The van der Waals surface area contributed by atoms with Crippen LogP contribution in [0.1, 0.15) is 5.82 Å². The normalized spacial score (nSPS) is 11.3. The molecule has 5 nitrogen and oxygen atoms in total. The summed E-state index contributed by atoms with van der Waals surface area (Å²) >= 11 is 9.33. The third kappa shape index (κ3) is 1.81. The molecular formula is C11H9BrClN5. The highest BCUT2D eigenvalue weighted by Crippen LogP contribution is 2.22. The van der Waals surface area contributed by atoms with Crippen molar-refractivity contribution < 1.29 is 0 Å². The summed E-state index contributed by atoms with van der Waals surface area (Å²) in [6.45, 7) is 0. The number of halogens is 2. The van der Waals surface area contributed by atoms with Crippen LogP contribution in [0.15, 0.2) is 29.0 Å². The highest BCUT2D eigenvalue weighted by Gasteiger charge is 2.14. The van der Waals surface area contributed by atoms with Crippen molar-refractivity contribution in [3.05, 3.63) is 34.8 Å². The molecule has 0 fully saturated rings. The number of alkyl halides is 1. The minimum atomic E-state index is 0.310. The molecule has 3 heterocycles. The lowest BCUT2D eigenvalue weighted by molar-refractivity contribution is 0.748. The molecule has 0 radical (unpaired) electrons. The zero-order valence-corrected chi connectivity index (χ0v) is 11.9. The molecular weight excluding hydrogens is 318 g/mol. The quantitative estimate of drug-likeness (QED) is 0.680. The predicted octanol–water partition coefficient (Wildman–Crippen LogP) is 2.66. The monoisotopic (exact) mass is 325 g/mol. The number of nitrogens with zero attached hydrogens (tertiary/aromatic N) is 5.